The third-order valence-corrected chi connectivity index (χ3v) is 2.35. The number of rotatable bonds is 7. The summed E-state index contributed by atoms with van der Waals surface area (Å²) in [5.74, 6) is 0.889. The van der Waals surface area contributed by atoms with Crippen LogP contribution in [0.25, 0.3) is 0 Å². The summed E-state index contributed by atoms with van der Waals surface area (Å²) in [6.07, 6.45) is 1.32. The van der Waals surface area contributed by atoms with Crippen molar-refractivity contribution < 1.29 is 14.6 Å². The molecule has 0 aliphatic rings. The van der Waals surface area contributed by atoms with E-state index >= 15 is 0 Å². The Morgan fingerprint density at radius 3 is 2.69 bits per heavy atom. The molecule has 1 atom stereocenters. The summed E-state index contributed by atoms with van der Waals surface area (Å²) in [6, 6.07) is 7.92. The first-order valence-electron chi connectivity index (χ1n) is 5.61. The van der Waals surface area contributed by atoms with Gasteiger partial charge in [0.1, 0.15) is 12.4 Å². The highest BCUT2D eigenvalue weighted by molar-refractivity contribution is 5.33. The molecule has 0 spiro atoms. The molecule has 0 saturated carbocycles. The fourth-order valence-corrected chi connectivity index (χ4v) is 1.45. The molecule has 0 heterocycles. The van der Waals surface area contributed by atoms with Crippen LogP contribution in [0.4, 0.5) is 0 Å². The smallest absolute Gasteiger partial charge is 0.122 e. The van der Waals surface area contributed by atoms with Crippen molar-refractivity contribution in [1.29, 1.82) is 0 Å². The van der Waals surface area contributed by atoms with E-state index in [1.54, 1.807) is 14.0 Å². The van der Waals surface area contributed by atoms with Crippen LogP contribution in [0.3, 0.4) is 0 Å². The standard InChI is InChI=1S/C13H20O3/c1-11(14)7-8-12-5-3-4-6-13(12)16-10-9-15-2/h3-6,11,14H,7-10H2,1-2H3. The zero-order valence-corrected chi connectivity index (χ0v) is 9.98. The van der Waals surface area contributed by atoms with Crippen LogP contribution in [0.5, 0.6) is 5.75 Å². The van der Waals surface area contributed by atoms with Crippen LogP contribution >= 0.6 is 0 Å². The second-order valence-electron chi connectivity index (χ2n) is 3.84. The van der Waals surface area contributed by atoms with E-state index in [1.165, 1.54) is 0 Å². The summed E-state index contributed by atoms with van der Waals surface area (Å²) in [5, 5.41) is 9.26. The van der Waals surface area contributed by atoms with Crippen LogP contribution in [-0.2, 0) is 11.2 Å². The molecule has 1 aromatic rings. The summed E-state index contributed by atoms with van der Waals surface area (Å²) in [6.45, 7) is 2.95. The van der Waals surface area contributed by atoms with Gasteiger partial charge in [-0.15, -0.1) is 0 Å². The summed E-state index contributed by atoms with van der Waals surface area (Å²) >= 11 is 0. The molecule has 0 amide bonds. The van der Waals surface area contributed by atoms with Crippen molar-refractivity contribution >= 4 is 0 Å². The molecule has 0 fully saturated rings. The molecule has 1 unspecified atom stereocenters. The van der Waals surface area contributed by atoms with Gasteiger partial charge in [0.05, 0.1) is 12.7 Å². The van der Waals surface area contributed by atoms with Crippen LogP contribution < -0.4 is 4.74 Å². The van der Waals surface area contributed by atoms with Gasteiger partial charge >= 0.3 is 0 Å². The minimum Gasteiger partial charge on any atom is -0.491 e. The Kier molecular flexibility index (Phi) is 5.90. The van der Waals surface area contributed by atoms with Crippen molar-refractivity contribution in [2.24, 2.45) is 0 Å². The van der Waals surface area contributed by atoms with Gasteiger partial charge in [0.15, 0.2) is 0 Å². The SMILES string of the molecule is COCCOc1ccccc1CCC(C)O. The molecule has 16 heavy (non-hydrogen) atoms. The second kappa shape index (κ2) is 7.25. The van der Waals surface area contributed by atoms with Gasteiger partial charge in [-0.2, -0.15) is 0 Å². The normalized spacial score (nSPS) is 12.4. The molecule has 0 saturated heterocycles. The third kappa shape index (κ3) is 4.64. The maximum Gasteiger partial charge on any atom is 0.122 e. The number of benzene rings is 1. The third-order valence-electron chi connectivity index (χ3n) is 2.35. The monoisotopic (exact) mass is 224 g/mol. The fourth-order valence-electron chi connectivity index (χ4n) is 1.45. The Bertz CT molecular complexity index is 297. The molecule has 1 aromatic carbocycles. The number of para-hydroxylation sites is 1. The van der Waals surface area contributed by atoms with Crippen molar-refractivity contribution in [3.05, 3.63) is 29.8 Å². The van der Waals surface area contributed by atoms with Crippen LogP contribution in [-0.4, -0.2) is 31.5 Å². The Hall–Kier alpha value is -1.06. The number of ether oxygens (including phenoxy) is 2. The summed E-state index contributed by atoms with van der Waals surface area (Å²) < 4.78 is 10.5. The molecule has 0 bridgehead atoms. The average molecular weight is 224 g/mol. The van der Waals surface area contributed by atoms with Crippen molar-refractivity contribution in [2.75, 3.05) is 20.3 Å². The summed E-state index contributed by atoms with van der Waals surface area (Å²) in [7, 11) is 1.66. The van der Waals surface area contributed by atoms with Crippen molar-refractivity contribution in [3.63, 3.8) is 0 Å². The van der Waals surface area contributed by atoms with Crippen molar-refractivity contribution in [1.82, 2.24) is 0 Å². The van der Waals surface area contributed by atoms with Crippen LogP contribution in [0.1, 0.15) is 18.9 Å². The minimum absolute atomic E-state index is 0.271. The van der Waals surface area contributed by atoms with Gasteiger partial charge < -0.3 is 14.6 Å². The topological polar surface area (TPSA) is 38.7 Å². The van der Waals surface area contributed by atoms with E-state index in [0.717, 1.165) is 24.2 Å². The maximum absolute atomic E-state index is 9.26. The number of hydrogen-bond donors (Lipinski definition) is 1. The molecule has 0 radical (unpaired) electrons. The summed E-state index contributed by atoms with van der Waals surface area (Å²) in [4.78, 5) is 0. The lowest BCUT2D eigenvalue weighted by Gasteiger charge is -2.11. The minimum atomic E-state index is -0.271. The second-order valence-corrected chi connectivity index (χ2v) is 3.84. The Morgan fingerprint density at radius 2 is 2.00 bits per heavy atom. The molecule has 90 valence electrons. The molecule has 1 rings (SSSR count). The lowest BCUT2D eigenvalue weighted by molar-refractivity contribution is 0.145. The molecular weight excluding hydrogens is 204 g/mol. The van der Waals surface area contributed by atoms with Crippen LogP contribution in [0, 0.1) is 0 Å². The zero-order chi connectivity index (χ0) is 11.8. The molecule has 0 aliphatic carbocycles. The van der Waals surface area contributed by atoms with Crippen molar-refractivity contribution in [2.45, 2.75) is 25.9 Å². The first-order chi connectivity index (χ1) is 7.74. The lowest BCUT2D eigenvalue weighted by Crippen LogP contribution is -2.07. The van der Waals surface area contributed by atoms with Crippen molar-refractivity contribution in [3.8, 4) is 5.75 Å². The van der Waals surface area contributed by atoms with E-state index < -0.39 is 0 Å². The molecule has 3 heteroatoms. The Labute approximate surface area is 97.0 Å². The Balaban J connectivity index is 2.53. The predicted octanol–water partition coefficient (Wildman–Crippen LogP) is 2.03. The molecular formula is C13H20O3. The van der Waals surface area contributed by atoms with E-state index in [9.17, 15) is 5.11 Å². The van der Waals surface area contributed by atoms with Crippen LogP contribution in [0.15, 0.2) is 24.3 Å². The Morgan fingerprint density at radius 1 is 1.25 bits per heavy atom. The van der Waals surface area contributed by atoms with Gasteiger partial charge in [0, 0.05) is 7.11 Å². The number of hydrogen-bond acceptors (Lipinski definition) is 3. The van der Waals surface area contributed by atoms with E-state index in [1.807, 2.05) is 24.3 Å². The van der Waals surface area contributed by atoms with Gasteiger partial charge in [-0.25, -0.2) is 0 Å². The van der Waals surface area contributed by atoms with Gasteiger partial charge in [-0.1, -0.05) is 18.2 Å². The molecule has 0 aliphatic heterocycles. The van der Waals surface area contributed by atoms with Gasteiger partial charge in [0.2, 0.25) is 0 Å². The maximum atomic E-state index is 9.26. The number of aliphatic hydroxyl groups is 1. The lowest BCUT2D eigenvalue weighted by atomic mass is 10.1. The average Bonchev–Trinajstić information content (AvgIpc) is 2.28. The molecule has 3 nitrogen and oxygen atoms in total. The van der Waals surface area contributed by atoms with E-state index in [2.05, 4.69) is 0 Å². The highest BCUT2D eigenvalue weighted by atomic mass is 16.5. The highest BCUT2D eigenvalue weighted by Crippen LogP contribution is 2.19. The van der Waals surface area contributed by atoms with Gasteiger partial charge in [-0.3, -0.25) is 0 Å². The first kappa shape index (κ1) is 13.0. The van der Waals surface area contributed by atoms with E-state index in [4.69, 9.17) is 9.47 Å². The quantitative estimate of drug-likeness (QED) is 0.720. The number of methoxy groups -OCH3 is 1. The number of aryl methyl sites for hydroxylation is 1. The van der Waals surface area contributed by atoms with Gasteiger partial charge in [-0.05, 0) is 31.4 Å². The highest BCUT2D eigenvalue weighted by Gasteiger charge is 2.04. The molecule has 1 N–H and O–H groups in total. The van der Waals surface area contributed by atoms with Gasteiger partial charge in [0.25, 0.3) is 0 Å². The largest absolute Gasteiger partial charge is 0.491 e. The fraction of sp³-hybridized carbons (Fsp3) is 0.538. The van der Waals surface area contributed by atoms with Crippen LogP contribution in [0.2, 0.25) is 0 Å². The van der Waals surface area contributed by atoms with E-state index in [0.29, 0.717) is 13.2 Å². The van der Waals surface area contributed by atoms with E-state index in [-0.39, 0.29) is 6.10 Å². The number of aliphatic hydroxyl groups excluding tert-OH is 1. The molecule has 0 aromatic heterocycles. The zero-order valence-electron chi connectivity index (χ0n) is 9.98. The summed E-state index contributed by atoms with van der Waals surface area (Å²) in [5.41, 5.74) is 1.14. The predicted molar refractivity (Wildman–Crippen MR) is 63.8 cm³/mol. The first-order valence-corrected chi connectivity index (χ1v) is 5.61.